The highest BCUT2D eigenvalue weighted by Crippen LogP contribution is 2.24. The van der Waals surface area contributed by atoms with Crippen molar-refractivity contribution >= 4 is 17.6 Å². The fraction of sp³-hybridized carbons (Fsp3) is 0.429. The van der Waals surface area contributed by atoms with Crippen molar-refractivity contribution in [1.82, 2.24) is 10.6 Å². The molecule has 1 aromatic carbocycles. The number of nitro groups is 1. The second kappa shape index (κ2) is 7.34. The van der Waals surface area contributed by atoms with Crippen LogP contribution in [0.2, 0.25) is 0 Å². The summed E-state index contributed by atoms with van der Waals surface area (Å²) in [6, 6.07) is 2.98. The number of aliphatic hydroxyl groups is 2. The Labute approximate surface area is 136 Å². The smallest absolute Gasteiger partial charge is 0.307 e. The highest BCUT2D eigenvalue weighted by molar-refractivity contribution is 6.00. The molecular weight excluding hydrogens is 322 g/mol. The van der Waals surface area contributed by atoms with Gasteiger partial charge in [-0.3, -0.25) is 25.0 Å². The van der Waals surface area contributed by atoms with E-state index >= 15 is 0 Å². The van der Waals surface area contributed by atoms with Crippen LogP contribution in [0.5, 0.6) is 0 Å². The number of hydrogen-bond acceptors (Lipinski definition) is 7. The van der Waals surface area contributed by atoms with E-state index < -0.39 is 47.4 Å². The highest BCUT2D eigenvalue weighted by atomic mass is 16.6. The number of amides is 1. The highest BCUT2D eigenvalue weighted by Gasteiger charge is 2.31. The van der Waals surface area contributed by atoms with Gasteiger partial charge in [-0.25, -0.2) is 0 Å². The maximum absolute atomic E-state index is 12.5. The van der Waals surface area contributed by atoms with Gasteiger partial charge in [0.15, 0.2) is 0 Å². The summed E-state index contributed by atoms with van der Waals surface area (Å²) in [6.45, 7) is 0. The van der Waals surface area contributed by atoms with Gasteiger partial charge < -0.3 is 20.6 Å². The molecular formula is C14H17N3O7. The van der Waals surface area contributed by atoms with Crippen molar-refractivity contribution in [3.8, 4) is 0 Å². The fourth-order valence-corrected chi connectivity index (χ4v) is 2.59. The molecule has 0 bridgehead atoms. The van der Waals surface area contributed by atoms with Gasteiger partial charge in [0.25, 0.3) is 11.6 Å². The summed E-state index contributed by atoms with van der Waals surface area (Å²) in [5.41, 5.74) is -0.847. The standard InChI is InChI=1S/C14H17N3O7/c18-10-5-4-8(13(21)16-10)15-14(22)12-7(6-11(19)20)2-1-3-9(12)17(23)24/h1-3,8,10,13,16,18,21H,4-6H2,(H,15,22)(H,19,20). The molecule has 0 aromatic heterocycles. The second-order valence-electron chi connectivity index (χ2n) is 5.42. The van der Waals surface area contributed by atoms with Crippen molar-refractivity contribution in [3.63, 3.8) is 0 Å². The zero-order valence-electron chi connectivity index (χ0n) is 12.5. The van der Waals surface area contributed by atoms with E-state index in [-0.39, 0.29) is 24.0 Å². The van der Waals surface area contributed by atoms with Crippen LogP contribution in [0.3, 0.4) is 0 Å². The van der Waals surface area contributed by atoms with Crippen LogP contribution in [0, 0.1) is 10.1 Å². The number of nitrogens with zero attached hydrogens (tertiary/aromatic N) is 1. The van der Waals surface area contributed by atoms with Gasteiger partial charge in [0.05, 0.1) is 17.4 Å². The van der Waals surface area contributed by atoms with Gasteiger partial charge in [-0.15, -0.1) is 0 Å². The third kappa shape index (κ3) is 4.04. The summed E-state index contributed by atoms with van der Waals surface area (Å²) >= 11 is 0. The monoisotopic (exact) mass is 339 g/mol. The Morgan fingerprint density at radius 2 is 2.04 bits per heavy atom. The number of carbonyl (C=O) groups excluding carboxylic acids is 1. The van der Waals surface area contributed by atoms with Crippen molar-refractivity contribution < 1.29 is 29.8 Å². The summed E-state index contributed by atoms with van der Waals surface area (Å²) in [6.07, 6.45) is -2.13. The molecule has 130 valence electrons. The summed E-state index contributed by atoms with van der Waals surface area (Å²) in [5.74, 6) is -2.08. The maximum atomic E-state index is 12.5. The lowest BCUT2D eigenvalue weighted by Crippen LogP contribution is -2.56. The summed E-state index contributed by atoms with van der Waals surface area (Å²) in [7, 11) is 0. The van der Waals surface area contributed by atoms with Gasteiger partial charge in [0.2, 0.25) is 0 Å². The van der Waals surface area contributed by atoms with Crippen molar-refractivity contribution in [2.24, 2.45) is 0 Å². The molecule has 3 unspecified atom stereocenters. The molecule has 5 N–H and O–H groups in total. The van der Waals surface area contributed by atoms with E-state index in [4.69, 9.17) is 5.11 Å². The number of rotatable bonds is 5. The number of carboxylic acids is 1. The molecule has 1 amide bonds. The number of piperidine rings is 1. The Morgan fingerprint density at radius 3 is 2.62 bits per heavy atom. The fourth-order valence-electron chi connectivity index (χ4n) is 2.59. The minimum atomic E-state index is -1.23. The SMILES string of the molecule is O=C(O)Cc1cccc([N+](=O)[O-])c1C(=O)NC1CCC(O)NC1O. The van der Waals surface area contributed by atoms with Crippen LogP contribution in [-0.2, 0) is 11.2 Å². The Bertz CT molecular complexity index is 664. The van der Waals surface area contributed by atoms with E-state index in [9.17, 15) is 29.9 Å². The Kier molecular flexibility index (Phi) is 5.44. The third-order valence-electron chi connectivity index (χ3n) is 3.71. The first kappa shape index (κ1) is 17.8. The molecule has 0 radical (unpaired) electrons. The van der Waals surface area contributed by atoms with Crippen LogP contribution in [0.25, 0.3) is 0 Å². The summed E-state index contributed by atoms with van der Waals surface area (Å²) in [5, 5.41) is 44.1. The van der Waals surface area contributed by atoms with E-state index in [1.807, 2.05) is 0 Å². The molecule has 1 aliphatic rings. The number of aliphatic carboxylic acids is 1. The number of benzene rings is 1. The van der Waals surface area contributed by atoms with Gasteiger partial charge in [0, 0.05) is 6.07 Å². The molecule has 1 aliphatic heterocycles. The molecule has 10 heteroatoms. The van der Waals surface area contributed by atoms with Crippen molar-refractivity contribution in [2.45, 2.75) is 37.8 Å². The first-order valence-corrected chi connectivity index (χ1v) is 7.20. The van der Waals surface area contributed by atoms with E-state index in [0.717, 1.165) is 6.07 Å². The number of nitro benzene ring substituents is 1. The average Bonchev–Trinajstić information content (AvgIpc) is 2.49. The Hall–Kier alpha value is -2.56. The van der Waals surface area contributed by atoms with E-state index in [0.29, 0.717) is 0 Å². The zero-order chi connectivity index (χ0) is 17.9. The molecule has 0 spiro atoms. The molecule has 3 atom stereocenters. The predicted molar refractivity (Wildman–Crippen MR) is 80.1 cm³/mol. The lowest BCUT2D eigenvalue weighted by molar-refractivity contribution is -0.385. The second-order valence-corrected chi connectivity index (χ2v) is 5.42. The lowest BCUT2D eigenvalue weighted by Gasteiger charge is -2.32. The van der Waals surface area contributed by atoms with Crippen LogP contribution in [0.1, 0.15) is 28.8 Å². The van der Waals surface area contributed by atoms with E-state index in [2.05, 4.69) is 10.6 Å². The van der Waals surface area contributed by atoms with Crippen molar-refractivity contribution in [1.29, 1.82) is 0 Å². The normalized spacial score (nSPS) is 23.5. The lowest BCUT2D eigenvalue weighted by atomic mass is 9.99. The minimum absolute atomic E-state index is 0.00694. The largest absolute Gasteiger partial charge is 0.481 e. The van der Waals surface area contributed by atoms with Crippen LogP contribution in [-0.4, -0.2) is 50.6 Å². The molecule has 1 fully saturated rings. The first-order chi connectivity index (χ1) is 11.3. The van der Waals surface area contributed by atoms with Gasteiger partial charge in [-0.05, 0) is 18.4 Å². The molecule has 0 saturated carbocycles. The number of nitrogens with one attached hydrogen (secondary N) is 2. The summed E-state index contributed by atoms with van der Waals surface area (Å²) < 4.78 is 0. The molecule has 24 heavy (non-hydrogen) atoms. The third-order valence-corrected chi connectivity index (χ3v) is 3.71. The molecule has 1 heterocycles. The number of hydrogen-bond donors (Lipinski definition) is 5. The van der Waals surface area contributed by atoms with Crippen LogP contribution < -0.4 is 10.6 Å². The van der Waals surface area contributed by atoms with Gasteiger partial charge in [-0.1, -0.05) is 12.1 Å². The van der Waals surface area contributed by atoms with Gasteiger partial charge >= 0.3 is 5.97 Å². The van der Waals surface area contributed by atoms with Crippen LogP contribution in [0.4, 0.5) is 5.69 Å². The van der Waals surface area contributed by atoms with Gasteiger partial charge in [-0.2, -0.15) is 0 Å². The quantitative estimate of drug-likeness (QED) is 0.349. The molecule has 2 rings (SSSR count). The topological polar surface area (TPSA) is 162 Å². The molecule has 10 nitrogen and oxygen atoms in total. The number of carboxylic acid groups (broad SMARTS) is 1. The van der Waals surface area contributed by atoms with Crippen LogP contribution >= 0.6 is 0 Å². The first-order valence-electron chi connectivity index (χ1n) is 7.20. The summed E-state index contributed by atoms with van der Waals surface area (Å²) in [4.78, 5) is 33.8. The average molecular weight is 339 g/mol. The predicted octanol–water partition coefficient (Wildman–Crippen LogP) is -0.659. The number of carbonyl (C=O) groups is 2. The minimum Gasteiger partial charge on any atom is -0.481 e. The zero-order valence-corrected chi connectivity index (χ0v) is 12.5. The van der Waals surface area contributed by atoms with E-state index in [1.54, 1.807) is 0 Å². The van der Waals surface area contributed by atoms with Crippen molar-refractivity contribution in [2.75, 3.05) is 0 Å². The molecule has 0 aliphatic carbocycles. The number of aliphatic hydroxyl groups excluding tert-OH is 2. The van der Waals surface area contributed by atoms with Gasteiger partial charge in [0.1, 0.15) is 18.0 Å². The molecule has 1 aromatic rings. The maximum Gasteiger partial charge on any atom is 0.307 e. The van der Waals surface area contributed by atoms with E-state index in [1.165, 1.54) is 12.1 Å². The van der Waals surface area contributed by atoms with Crippen LogP contribution in [0.15, 0.2) is 18.2 Å². The van der Waals surface area contributed by atoms with Crippen molar-refractivity contribution in [3.05, 3.63) is 39.4 Å². The molecule has 1 saturated heterocycles. The Morgan fingerprint density at radius 1 is 1.33 bits per heavy atom. The Balaban J connectivity index is 2.30.